The van der Waals surface area contributed by atoms with Crippen molar-refractivity contribution in [2.24, 2.45) is 11.8 Å². The molecule has 0 amide bonds. The molecule has 0 N–H and O–H groups in total. The Morgan fingerprint density at radius 3 is 2.55 bits per heavy atom. The predicted octanol–water partition coefficient (Wildman–Crippen LogP) is 3.71. The van der Waals surface area contributed by atoms with Crippen molar-refractivity contribution >= 4 is 34.8 Å². The Hall–Kier alpha value is 0.610. The predicted molar refractivity (Wildman–Crippen MR) is 49.2 cm³/mol. The first-order valence-corrected chi connectivity index (χ1v) is 5.08. The number of allylic oxidation sites excluding steroid dienone is 2. The van der Waals surface area contributed by atoms with Crippen molar-refractivity contribution in [1.82, 2.24) is 0 Å². The summed E-state index contributed by atoms with van der Waals surface area (Å²) in [4.78, 5) is 0. The lowest BCUT2D eigenvalue weighted by atomic mass is 9.95. The molecule has 0 radical (unpaired) electrons. The lowest BCUT2D eigenvalue weighted by molar-refractivity contribution is 0.515. The zero-order valence-electron chi connectivity index (χ0n) is 5.99. The van der Waals surface area contributed by atoms with Gasteiger partial charge in [-0.2, -0.15) is 0 Å². The van der Waals surface area contributed by atoms with Gasteiger partial charge in [0, 0.05) is 5.03 Å². The third-order valence-corrected chi connectivity index (χ3v) is 4.45. The van der Waals surface area contributed by atoms with Gasteiger partial charge in [0.25, 0.3) is 0 Å². The molecule has 2 bridgehead atoms. The van der Waals surface area contributed by atoms with Gasteiger partial charge < -0.3 is 0 Å². The SMILES string of the molecule is ClC1=C(Cl)C(Cl)C2CCC1C2. The maximum Gasteiger partial charge on any atom is 0.0732 e. The van der Waals surface area contributed by atoms with E-state index in [0.29, 0.717) is 16.9 Å². The summed E-state index contributed by atoms with van der Waals surface area (Å²) >= 11 is 18.1. The van der Waals surface area contributed by atoms with Crippen LogP contribution in [-0.2, 0) is 0 Å². The molecule has 0 spiro atoms. The van der Waals surface area contributed by atoms with Crippen LogP contribution in [0.2, 0.25) is 0 Å². The first kappa shape index (κ1) is 8.22. The third kappa shape index (κ3) is 1.20. The average Bonchev–Trinajstić information content (AvgIpc) is 2.44. The van der Waals surface area contributed by atoms with Gasteiger partial charge in [0.2, 0.25) is 0 Å². The van der Waals surface area contributed by atoms with E-state index in [1.165, 1.54) is 12.8 Å². The molecule has 1 fully saturated rings. The van der Waals surface area contributed by atoms with E-state index in [9.17, 15) is 0 Å². The summed E-state index contributed by atoms with van der Waals surface area (Å²) in [6, 6.07) is 0. The molecule has 0 aromatic carbocycles. The van der Waals surface area contributed by atoms with E-state index in [2.05, 4.69) is 0 Å². The number of hydrogen-bond donors (Lipinski definition) is 0. The highest BCUT2D eigenvalue weighted by Crippen LogP contribution is 2.49. The molecule has 1 saturated carbocycles. The van der Waals surface area contributed by atoms with Crippen LogP contribution in [0, 0.1) is 11.8 Å². The second-order valence-corrected chi connectivity index (χ2v) is 4.65. The van der Waals surface area contributed by atoms with Crippen LogP contribution < -0.4 is 0 Å². The molecule has 0 heterocycles. The van der Waals surface area contributed by atoms with Gasteiger partial charge in [-0.25, -0.2) is 0 Å². The second kappa shape index (κ2) is 2.83. The third-order valence-electron chi connectivity index (χ3n) is 2.72. The molecule has 3 atom stereocenters. The van der Waals surface area contributed by atoms with E-state index in [0.717, 1.165) is 11.5 Å². The lowest BCUT2D eigenvalue weighted by Gasteiger charge is -2.23. The Bertz CT molecular complexity index is 205. The van der Waals surface area contributed by atoms with Crippen LogP contribution in [0.15, 0.2) is 10.1 Å². The summed E-state index contributed by atoms with van der Waals surface area (Å²) in [7, 11) is 0. The first-order valence-electron chi connectivity index (χ1n) is 3.89. The fraction of sp³-hybridized carbons (Fsp3) is 0.750. The molecule has 62 valence electrons. The maximum absolute atomic E-state index is 6.08. The van der Waals surface area contributed by atoms with Crippen LogP contribution in [0.3, 0.4) is 0 Å². The Morgan fingerprint density at radius 1 is 1.09 bits per heavy atom. The van der Waals surface area contributed by atoms with E-state index in [-0.39, 0.29) is 5.38 Å². The summed E-state index contributed by atoms with van der Waals surface area (Å²) in [6.45, 7) is 0. The Balaban J connectivity index is 2.34. The van der Waals surface area contributed by atoms with E-state index in [1.54, 1.807) is 0 Å². The molecule has 2 aliphatic rings. The fourth-order valence-electron chi connectivity index (χ4n) is 2.05. The summed E-state index contributed by atoms with van der Waals surface area (Å²) in [5, 5.41) is 1.51. The highest BCUT2D eigenvalue weighted by Gasteiger charge is 2.39. The van der Waals surface area contributed by atoms with Crippen LogP contribution in [0.25, 0.3) is 0 Å². The fourth-order valence-corrected chi connectivity index (χ4v) is 3.10. The molecule has 2 aliphatic carbocycles. The summed E-state index contributed by atoms with van der Waals surface area (Å²) in [5.41, 5.74) is 0. The van der Waals surface area contributed by atoms with Gasteiger partial charge in [-0.15, -0.1) is 11.6 Å². The number of halogens is 3. The molecule has 0 nitrogen and oxygen atoms in total. The van der Waals surface area contributed by atoms with Gasteiger partial charge in [0.05, 0.1) is 10.4 Å². The van der Waals surface area contributed by atoms with Gasteiger partial charge in [0.15, 0.2) is 0 Å². The Labute approximate surface area is 81.5 Å². The number of rotatable bonds is 0. The molecular formula is C8H9Cl3. The van der Waals surface area contributed by atoms with E-state index in [1.807, 2.05) is 0 Å². The monoisotopic (exact) mass is 210 g/mol. The molecule has 0 aromatic rings. The van der Waals surface area contributed by atoms with Gasteiger partial charge in [-0.3, -0.25) is 0 Å². The summed E-state index contributed by atoms with van der Waals surface area (Å²) in [5.74, 6) is 1.10. The minimum absolute atomic E-state index is 0.0112. The second-order valence-electron chi connectivity index (χ2n) is 3.37. The Kier molecular flexibility index (Phi) is 2.11. The molecule has 0 aromatic heterocycles. The van der Waals surface area contributed by atoms with Crippen LogP contribution in [0.1, 0.15) is 19.3 Å². The largest absolute Gasteiger partial charge is 0.116 e. The van der Waals surface area contributed by atoms with Crippen molar-refractivity contribution in [2.75, 3.05) is 0 Å². The van der Waals surface area contributed by atoms with Gasteiger partial charge >= 0.3 is 0 Å². The molecule has 11 heavy (non-hydrogen) atoms. The minimum atomic E-state index is -0.0112. The quantitative estimate of drug-likeness (QED) is 0.536. The Morgan fingerprint density at radius 2 is 1.82 bits per heavy atom. The highest BCUT2D eigenvalue weighted by atomic mass is 35.5. The van der Waals surface area contributed by atoms with Crippen LogP contribution >= 0.6 is 34.8 Å². The van der Waals surface area contributed by atoms with Crippen molar-refractivity contribution < 1.29 is 0 Å². The van der Waals surface area contributed by atoms with Crippen molar-refractivity contribution in [2.45, 2.75) is 24.6 Å². The van der Waals surface area contributed by atoms with E-state index in [4.69, 9.17) is 34.8 Å². The van der Waals surface area contributed by atoms with Crippen molar-refractivity contribution in [1.29, 1.82) is 0 Å². The summed E-state index contributed by atoms with van der Waals surface area (Å²) in [6.07, 6.45) is 3.50. The molecule has 2 rings (SSSR count). The number of alkyl halides is 1. The van der Waals surface area contributed by atoms with Crippen molar-refractivity contribution in [3.8, 4) is 0 Å². The van der Waals surface area contributed by atoms with E-state index >= 15 is 0 Å². The average molecular weight is 212 g/mol. The number of hydrogen-bond acceptors (Lipinski definition) is 0. The highest BCUT2D eigenvalue weighted by molar-refractivity contribution is 6.43. The minimum Gasteiger partial charge on any atom is -0.116 e. The smallest absolute Gasteiger partial charge is 0.0732 e. The topological polar surface area (TPSA) is 0 Å². The van der Waals surface area contributed by atoms with E-state index < -0.39 is 0 Å². The number of fused-ring (bicyclic) bond motifs is 2. The van der Waals surface area contributed by atoms with Gasteiger partial charge in [-0.1, -0.05) is 23.2 Å². The molecular weight excluding hydrogens is 202 g/mol. The van der Waals surface area contributed by atoms with Crippen LogP contribution in [0.4, 0.5) is 0 Å². The summed E-state index contributed by atoms with van der Waals surface area (Å²) < 4.78 is 0. The maximum atomic E-state index is 6.08. The van der Waals surface area contributed by atoms with Gasteiger partial charge in [-0.05, 0) is 31.1 Å². The molecule has 3 unspecified atom stereocenters. The van der Waals surface area contributed by atoms with Gasteiger partial charge in [0.1, 0.15) is 0 Å². The first-order chi connectivity index (χ1) is 5.20. The van der Waals surface area contributed by atoms with Crippen LogP contribution in [-0.4, -0.2) is 5.38 Å². The van der Waals surface area contributed by atoms with Crippen LogP contribution in [0.5, 0.6) is 0 Å². The van der Waals surface area contributed by atoms with Crippen molar-refractivity contribution in [3.05, 3.63) is 10.1 Å². The normalized spacial score (nSPS) is 43.4. The van der Waals surface area contributed by atoms with Crippen molar-refractivity contribution in [3.63, 3.8) is 0 Å². The molecule has 0 aliphatic heterocycles. The molecule has 0 saturated heterocycles. The molecule has 3 heteroatoms. The zero-order chi connectivity index (χ0) is 8.01. The lowest BCUT2D eigenvalue weighted by Crippen LogP contribution is -2.18. The standard InChI is InChI=1S/C8H9Cl3/c9-6-4-1-2-5(3-4)7(10)8(6)11/h4-6H,1-3H2. The zero-order valence-corrected chi connectivity index (χ0v) is 8.26.